The van der Waals surface area contributed by atoms with Crippen molar-refractivity contribution in [3.63, 3.8) is 0 Å². The van der Waals surface area contributed by atoms with Gasteiger partial charge in [-0.05, 0) is 24.1 Å². The van der Waals surface area contributed by atoms with Crippen LogP contribution in [0.15, 0.2) is 18.2 Å². The molecule has 0 saturated carbocycles. The topological polar surface area (TPSA) is 70.7 Å². The Bertz CT molecular complexity index is 560. The molecule has 1 aliphatic heterocycles. The quantitative estimate of drug-likeness (QED) is 0.828. The zero-order valence-corrected chi connectivity index (χ0v) is 13.3. The highest BCUT2D eigenvalue weighted by molar-refractivity contribution is 5.88. The lowest BCUT2D eigenvalue weighted by Gasteiger charge is -2.34. The second-order valence-corrected chi connectivity index (χ2v) is 5.46. The third-order valence-corrected chi connectivity index (χ3v) is 3.94. The Morgan fingerprint density at radius 3 is 2.91 bits per heavy atom. The summed E-state index contributed by atoms with van der Waals surface area (Å²) >= 11 is 0. The Morgan fingerprint density at radius 2 is 2.27 bits per heavy atom. The third kappa shape index (κ3) is 3.76. The van der Waals surface area contributed by atoms with E-state index in [1.54, 1.807) is 14.2 Å². The Balaban J connectivity index is 2.12. The fourth-order valence-electron chi connectivity index (χ4n) is 2.72. The van der Waals surface area contributed by atoms with E-state index in [2.05, 4.69) is 21.6 Å². The first kappa shape index (κ1) is 16.3. The monoisotopic (exact) mass is 305 g/mol. The summed E-state index contributed by atoms with van der Waals surface area (Å²) in [6.07, 6.45) is 0.178. The van der Waals surface area contributed by atoms with Crippen LogP contribution in [0, 0.1) is 6.92 Å². The number of hydrogen-bond donors (Lipinski definition) is 2. The van der Waals surface area contributed by atoms with Gasteiger partial charge in [-0.1, -0.05) is 12.1 Å². The molecule has 0 aromatic heterocycles. The van der Waals surface area contributed by atoms with Gasteiger partial charge in [-0.2, -0.15) is 0 Å². The molecule has 1 aromatic rings. The van der Waals surface area contributed by atoms with Gasteiger partial charge in [0.1, 0.15) is 5.75 Å². The zero-order chi connectivity index (χ0) is 16.1. The highest BCUT2D eigenvalue weighted by Crippen LogP contribution is 2.21. The molecule has 1 fully saturated rings. The number of piperazine rings is 1. The molecule has 6 nitrogen and oxygen atoms in total. The standard InChI is InChI=1S/C16H23N3O3/c1-11-8-12(4-5-14(11)22-3)10-19-7-6-18-16(21)13(19)9-15(20)17-2/h4-5,8,13H,6-7,9-10H2,1-3H3,(H,17,20)(H,18,21)/t13-/m0/s1. The Labute approximate surface area is 130 Å². The fourth-order valence-corrected chi connectivity index (χ4v) is 2.72. The minimum absolute atomic E-state index is 0.0833. The molecule has 6 heteroatoms. The molecule has 1 heterocycles. The molecule has 1 aromatic carbocycles. The summed E-state index contributed by atoms with van der Waals surface area (Å²) in [7, 11) is 3.23. The van der Waals surface area contributed by atoms with Crippen molar-refractivity contribution in [2.24, 2.45) is 0 Å². The third-order valence-electron chi connectivity index (χ3n) is 3.94. The summed E-state index contributed by atoms with van der Waals surface area (Å²) in [5.74, 6) is 0.639. The van der Waals surface area contributed by atoms with Gasteiger partial charge in [-0.25, -0.2) is 0 Å². The van der Waals surface area contributed by atoms with Crippen molar-refractivity contribution in [2.45, 2.75) is 25.9 Å². The number of ether oxygens (including phenoxy) is 1. The number of nitrogens with one attached hydrogen (secondary N) is 2. The van der Waals surface area contributed by atoms with Crippen molar-refractivity contribution in [3.8, 4) is 5.75 Å². The van der Waals surface area contributed by atoms with Gasteiger partial charge in [0.05, 0.1) is 19.6 Å². The van der Waals surface area contributed by atoms with Gasteiger partial charge in [0.15, 0.2) is 0 Å². The average molecular weight is 305 g/mol. The lowest BCUT2D eigenvalue weighted by atomic mass is 10.1. The second kappa shape index (κ2) is 7.26. The van der Waals surface area contributed by atoms with Crippen LogP contribution in [-0.2, 0) is 16.1 Å². The van der Waals surface area contributed by atoms with Crippen molar-refractivity contribution in [2.75, 3.05) is 27.2 Å². The lowest BCUT2D eigenvalue weighted by molar-refractivity contribution is -0.134. The van der Waals surface area contributed by atoms with Crippen molar-refractivity contribution in [1.29, 1.82) is 0 Å². The molecular formula is C16H23N3O3. The van der Waals surface area contributed by atoms with Crippen molar-refractivity contribution < 1.29 is 14.3 Å². The van der Waals surface area contributed by atoms with Gasteiger partial charge >= 0.3 is 0 Å². The van der Waals surface area contributed by atoms with E-state index < -0.39 is 6.04 Å². The molecule has 22 heavy (non-hydrogen) atoms. The molecule has 2 N–H and O–H groups in total. The van der Waals surface area contributed by atoms with Crippen LogP contribution in [0.3, 0.4) is 0 Å². The van der Waals surface area contributed by atoms with Crippen LogP contribution in [0.5, 0.6) is 5.75 Å². The molecule has 1 saturated heterocycles. The maximum absolute atomic E-state index is 12.1. The SMILES string of the molecule is CNC(=O)C[C@H]1C(=O)NCCN1Cc1ccc(OC)c(C)c1. The summed E-state index contributed by atoms with van der Waals surface area (Å²) in [6.45, 7) is 3.98. The molecule has 0 bridgehead atoms. The molecule has 2 rings (SSSR count). The summed E-state index contributed by atoms with van der Waals surface area (Å²) in [6, 6.07) is 5.57. The second-order valence-electron chi connectivity index (χ2n) is 5.46. The molecule has 0 spiro atoms. The smallest absolute Gasteiger partial charge is 0.237 e. The van der Waals surface area contributed by atoms with Gasteiger partial charge < -0.3 is 15.4 Å². The van der Waals surface area contributed by atoms with Gasteiger partial charge in [-0.15, -0.1) is 0 Å². The summed E-state index contributed by atoms with van der Waals surface area (Å²) in [5.41, 5.74) is 2.17. The largest absolute Gasteiger partial charge is 0.496 e. The number of carbonyl (C=O) groups excluding carboxylic acids is 2. The molecule has 120 valence electrons. The number of rotatable bonds is 5. The number of benzene rings is 1. The molecule has 1 atom stereocenters. The minimum Gasteiger partial charge on any atom is -0.496 e. The van der Waals surface area contributed by atoms with Crippen LogP contribution in [0.2, 0.25) is 0 Å². The summed E-state index contributed by atoms with van der Waals surface area (Å²) in [5, 5.41) is 5.41. The van der Waals surface area contributed by atoms with E-state index in [0.717, 1.165) is 23.4 Å². The first-order valence-electron chi connectivity index (χ1n) is 7.41. The Morgan fingerprint density at radius 1 is 1.50 bits per heavy atom. The maximum Gasteiger partial charge on any atom is 0.237 e. The number of nitrogens with zero attached hydrogens (tertiary/aromatic N) is 1. The number of carbonyl (C=O) groups is 2. The highest BCUT2D eigenvalue weighted by Gasteiger charge is 2.31. The van der Waals surface area contributed by atoms with Crippen LogP contribution < -0.4 is 15.4 Å². The van der Waals surface area contributed by atoms with E-state index in [1.807, 2.05) is 19.1 Å². The average Bonchev–Trinajstić information content (AvgIpc) is 2.50. The molecule has 2 amide bonds. The van der Waals surface area contributed by atoms with Crippen molar-refractivity contribution in [3.05, 3.63) is 29.3 Å². The van der Waals surface area contributed by atoms with Crippen molar-refractivity contribution in [1.82, 2.24) is 15.5 Å². The fraction of sp³-hybridized carbons (Fsp3) is 0.500. The van der Waals surface area contributed by atoms with Crippen LogP contribution in [0.1, 0.15) is 17.5 Å². The number of aryl methyl sites for hydroxylation is 1. The molecule has 1 aliphatic rings. The van der Waals surface area contributed by atoms with Crippen LogP contribution >= 0.6 is 0 Å². The lowest BCUT2D eigenvalue weighted by Crippen LogP contribution is -2.55. The normalized spacial score (nSPS) is 18.7. The van der Waals surface area contributed by atoms with E-state index in [4.69, 9.17) is 4.74 Å². The first-order valence-corrected chi connectivity index (χ1v) is 7.41. The molecule has 0 aliphatic carbocycles. The molecule has 0 radical (unpaired) electrons. The van der Waals surface area contributed by atoms with Crippen LogP contribution in [-0.4, -0.2) is 50.0 Å². The predicted octanol–water partition coefficient (Wildman–Crippen LogP) is 0.440. The summed E-state index contributed by atoms with van der Waals surface area (Å²) < 4.78 is 5.26. The van der Waals surface area contributed by atoms with E-state index in [1.165, 1.54) is 0 Å². The molecular weight excluding hydrogens is 282 g/mol. The summed E-state index contributed by atoms with van der Waals surface area (Å²) in [4.78, 5) is 25.7. The Hall–Kier alpha value is -2.08. The van der Waals surface area contributed by atoms with Gasteiger partial charge in [0, 0.05) is 26.7 Å². The van der Waals surface area contributed by atoms with Gasteiger partial charge in [0.2, 0.25) is 11.8 Å². The number of hydrogen-bond acceptors (Lipinski definition) is 4. The van der Waals surface area contributed by atoms with E-state index >= 15 is 0 Å². The van der Waals surface area contributed by atoms with Crippen molar-refractivity contribution >= 4 is 11.8 Å². The highest BCUT2D eigenvalue weighted by atomic mass is 16.5. The molecule has 0 unspecified atom stereocenters. The number of amides is 2. The minimum atomic E-state index is -0.420. The Kier molecular flexibility index (Phi) is 5.38. The first-order chi connectivity index (χ1) is 10.5. The van der Waals surface area contributed by atoms with E-state index in [0.29, 0.717) is 13.1 Å². The number of methoxy groups -OCH3 is 1. The maximum atomic E-state index is 12.1. The van der Waals surface area contributed by atoms with Crippen LogP contribution in [0.25, 0.3) is 0 Å². The van der Waals surface area contributed by atoms with E-state index in [-0.39, 0.29) is 18.2 Å². The predicted molar refractivity (Wildman–Crippen MR) is 83.6 cm³/mol. The van der Waals surface area contributed by atoms with Gasteiger partial charge in [0.25, 0.3) is 0 Å². The van der Waals surface area contributed by atoms with Gasteiger partial charge in [-0.3, -0.25) is 14.5 Å². The van der Waals surface area contributed by atoms with Crippen LogP contribution in [0.4, 0.5) is 0 Å². The van der Waals surface area contributed by atoms with E-state index in [9.17, 15) is 9.59 Å². The zero-order valence-electron chi connectivity index (χ0n) is 13.3.